The molecule has 0 radical (unpaired) electrons. The summed E-state index contributed by atoms with van der Waals surface area (Å²) in [5.74, 6) is 6.62. The molecule has 0 amide bonds. The molecule has 5 heteroatoms. The fourth-order valence-corrected chi connectivity index (χ4v) is 1.26. The van der Waals surface area contributed by atoms with E-state index in [-0.39, 0.29) is 0 Å². The molecule has 14 heavy (non-hydrogen) atoms. The molecule has 0 unspecified atom stereocenters. The van der Waals surface area contributed by atoms with Crippen molar-refractivity contribution < 1.29 is 0 Å². The van der Waals surface area contributed by atoms with Gasteiger partial charge in [-0.1, -0.05) is 6.92 Å². The third-order valence-electron chi connectivity index (χ3n) is 1.92. The van der Waals surface area contributed by atoms with Crippen molar-refractivity contribution in [1.29, 1.82) is 0 Å². The summed E-state index contributed by atoms with van der Waals surface area (Å²) in [7, 11) is 2.01. The standard InChI is InChI=1S/C9H17N5/c1-4-5-14(3)8-6-7(2)11-9(12-8)13-10/h6H,4-5,10H2,1-3H3,(H,11,12,13). The summed E-state index contributed by atoms with van der Waals surface area (Å²) in [5, 5.41) is 0. The van der Waals surface area contributed by atoms with Gasteiger partial charge in [0.25, 0.3) is 0 Å². The van der Waals surface area contributed by atoms with E-state index in [0.717, 1.165) is 24.5 Å². The van der Waals surface area contributed by atoms with Crippen LogP contribution in [0, 0.1) is 6.92 Å². The molecule has 0 aliphatic heterocycles. The number of nitrogen functional groups attached to an aromatic ring is 1. The number of nitrogens with one attached hydrogen (secondary N) is 1. The van der Waals surface area contributed by atoms with Crippen LogP contribution in [0.25, 0.3) is 0 Å². The summed E-state index contributed by atoms with van der Waals surface area (Å²) in [6, 6.07) is 1.94. The largest absolute Gasteiger partial charge is 0.360 e. The molecule has 0 spiro atoms. The summed E-state index contributed by atoms with van der Waals surface area (Å²) in [4.78, 5) is 10.4. The average molecular weight is 195 g/mol. The van der Waals surface area contributed by atoms with Crippen LogP contribution in [0.15, 0.2) is 6.07 Å². The molecular weight excluding hydrogens is 178 g/mol. The summed E-state index contributed by atoms with van der Waals surface area (Å²) in [6.07, 6.45) is 1.09. The second-order valence-corrected chi connectivity index (χ2v) is 3.26. The minimum atomic E-state index is 0.461. The zero-order valence-electron chi connectivity index (χ0n) is 8.91. The molecule has 1 aromatic heterocycles. The van der Waals surface area contributed by atoms with E-state index in [4.69, 9.17) is 5.84 Å². The van der Waals surface area contributed by atoms with Gasteiger partial charge in [0, 0.05) is 25.4 Å². The summed E-state index contributed by atoms with van der Waals surface area (Å²) in [6.45, 7) is 5.03. The third kappa shape index (κ3) is 2.56. The lowest BCUT2D eigenvalue weighted by Crippen LogP contribution is -2.21. The van der Waals surface area contributed by atoms with Crippen LogP contribution in [0.4, 0.5) is 11.8 Å². The van der Waals surface area contributed by atoms with Gasteiger partial charge in [-0.25, -0.2) is 10.8 Å². The first-order valence-corrected chi connectivity index (χ1v) is 4.70. The van der Waals surface area contributed by atoms with Gasteiger partial charge < -0.3 is 4.90 Å². The van der Waals surface area contributed by atoms with Crippen LogP contribution in [-0.4, -0.2) is 23.6 Å². The lowest BCUT2D eigenvalue weighted by molar-refractivity contribution is 0.832. The molecule has 3 N–H and O–H groups in total. The van der Waals surface area contributed by atoms with E-state index in [9.17, 15) is 0 Å². The molecule has 1 aromatic rings. The Bertz CT molecular complexity index is 299. The Hall–Kier alpha value is -1.36. The van der Waals surface area contributed by atoms with Crippen molar-refractivity contribution in [2.75, 3.05) is 23.9 Å². The van der Waals surface area contributed by atoms with Crippen LogP contribution >= 0.6 is 0 Å². The quantitative estimate of drug-likeness (QED) is 0.552. The maximum atomic E-state index is 5.27. The molecule has 78 valence electrons. The van der Waals surface area contributed by atoms with Gasteiger partial charge in [-0.05, 0) is 13.3 Å². The first-order valence-electron chi connectivity index (χ1n) is 4.70. The Morgan fingerprint density at radius 3 is 2.79 bits per heavy atom. The van der Waals surface area contributed by atoms with Crippen LogP contribution < -0.4 is 16.2 Å². The van der Waals surface area contributed by atoms with E-state index in [1.807, 2.05) is 20.0 Å². The van der Waals surface area contributed by atoms with Crippen molar-refractivity contribution in [1.82, 2.24) is 9.97 Å². The first kappa shape index (κ1) is 10.7. The van der Waals surface area contributed by atoms with Gasteiger partial charge in [-0.2, -0.15) is 4.98 Å². The molecule has 0 aromatic carbocycles. The Labute approximate surface area is 84.3 Å². The minimum absolute atomic E-state index is 0.461. The highest BCUT2D eigenvalue weighted by molar-refractivity contribution is 5.43. The average Bonchev–Trinajstić information content (AvgIpc) is 2.17. The van der Waals surface area contributed by atoms with Crippen molar-refractivity contribution in [2.45, 2.75) is 20.3 Å². The van der Waals surface area contributed by atoms with Gasteiger partial charge >= 0.3 is 0 Å². The molecule has 0 aliphatic rings. The maximum absolute atomic E-state index is 5.27. The van der Waals surface area contributed by atoms with Crippen molar-refractivity contribution in [3.05, 3.63) is 11.8 Å². The molecule has 0 fully saturated rings. The third-order valence-corrected chi connectivity index (χ3v) is 1.92. The summed E-state index contributed by atoms with van der Waals surface area (Å²) in [5.41, 5.74) is 3.36. The Balaban J connectivity index is 2.90. The zero-order chi connectivity index (χ0) is 10.6. The van der Waals surface area contributed by atoms with Gasteiger partial charge in [0.1, 0.15) is 5.82 Å². The minimum Gasteiger partial charge on any atom is -0.360 e. The van der Waals surface area contributed by atoms with Crippen LogP contribution in [0.3, 0.4) is 0 Å². The van der Waals surface area contributed by atoms with Crippen LogP contribution in [-0.2, 0) is 0 Å². The maximum Gasteiger partial charge on any atom is 0.239 e. The smallest absolute Gasteiger partial charge is 0.239 e. The topological polar surface area (TPSA) is 67.1 Å². The van der Waals surface area contributed by atoms with E-state index < -0.39 is 0 Å². The molecule has 5 nitrogen and oxygen atoms in total. The van der Waals surface area contributed by atoms with Crippen LogP contribution in [0.5, 0.6) is 0 Å². The molecule has 1 heterocycles. The fraction of sp³-hybridized carbons (Fsp3) is 0.556. The van der Waals surface area contributed by atoms with Gasteiger partial charge in [-0.15, -0.1) is 0 Å². The zero-order valence-corrected chi connectivity index (χ0v) is 8.91. The van der Waals surface area contributed by atoms with E-state index in [1.54, 1.807) is 0 Å². The number of aromatic nitrogens is 2. The monoisotopic (exact) mass is 195 g/mol. The van der Waals surface area contributed by atoms with Gasteiger partial charge in [-0.3, -0.25) is 5.43 Å². The number of aryl methyl sites for hydroxylation is 1. The highest BCUT2D eigenvalue weighted by Gasteiger charge is 2.04. The van der Waals surface area contributed by atoms with Crippen molar-refractivity contribution in [3.63, 3.8) is 0 Å². The predicted octanol–water partition coefficient (Wildman–Crippen LogP) is 0.917. The molecule has 0 bridgehead atoms. The van der Waals surface area contributed by atoms with Crippen LogP contribution in [0.2, 0.25) is 0 Å². The van der Waals surface area contributed by atoms with Crippen molar-refractivity contribution >= 4 is 11.8 Å². The van der Waals surface area contributed by atoms with E-state index in [1.165, 1.54) is 0 Å². The highest BCUT2D eigenvalue weighted by atomic mass is 15.3. The number of nitrogens with zero attached hydrogens (tertiary/aromatic N) is 3. The second kappa shape index (κ2) is 4.76. The molecule has 0 saturated heterocycles. The van der Waals surface area contributed by atoms with Gasteiger partial charge in [0.05, 0.1) is 0 Å². The lowest BCUT2D eigenvalue weighted by Gasteiger charge is -2.17. The number of anilines is 2. The van der Waals surface area contributed by atoms with Crippen molar-refractivity contribution in [3.8, 4) is 0 Å². The van der Waals surface area contributed by atoms with E-state index in [2.05, 4.69) is 27.2 Å². The van der Waals surface area contributed by atoms with Crippen LogP contribution in [0.1, 0.15) is 19.0 Å². The molecule has 0 atom stereocenters. The number of rotatable bonds is 4. The second-order valence-electron chi connectivity index (χ2n) is 3.26. The Morgan fingerprint density at radius 1 is 1.50 bits per heavy atom. The molecule has 1 rings (SSSR count). The van der Waals surface area contributed by atoms with Gasteiger partial charge in [0.15, 0.2) is 0 Å². The number of hydrogen-bond donors (Lipinski definition) is 2. The number of nitrogens with two attached hydrogens (primary N) is 1. The fourth-order valence-electron chi connectivity index (χ4n) is 1.26. The normalized spacial score (nSPS) is 10.0. The number of hydrogen-bond acceptors (Lipinski definition) is 5. The highest BCUT2D eigenvalue weighted by Crippen LogP contribution is 2.12. The van der Waals surface area contributed by atoms with Crippen molar-refractivity contribution in [2.24, 2.45) is 5.84 Å². The molecule has 0 saturated carbocycles. The predicted molar refractivity (Wildman–Crippen MR) is 58.1 cm³/mol. The first-order chi connectivity index (χ1) is 6.67. The SMILES string of the molecule is CCCN(C)c1cc(C)nc(NN)n1. The molecular formula is C9H17N5. The number of hydrazine groups is 1. The molecule has 0 aliphatic carbocycles. The summed E-state index contributed by atoms with van der Waals surface area (Å²) >= 11 is 0. The Morgan fingerprint density at radius 2 is 2.21 bits per heavy atom. The van der Waals surface area contributed by atoms with Gasteiger partial charge in [0.2, 0.25) is 5.95 Å². The van der Waals surface area contributed by atoms with E-state index >= 15 is 0 Å². The van der Waals surface area contributed by atoms with E-state index in [0.29, 0.717) is 5.95 Å². The summed E-state index contributed by atoms with van der Waals surface area (Å²) < 4.78 is 0. The lowest BCUT2D eigenvalue weighted by atomic mass is 10.4. The Kier molecular flexibility index (Phi) is 3.64.